The Morgan fingerprint density at radius 2 is 2.15 bits per heavy atom. The summed E-state index contributed by atoms with van der Waals surface area (Å²) in [4.78, 5) is 21.4. The highest BCUT2D eigenvalue weighted by molar-refractivity contribution is 5.90. The highest BCUT2D eigenvalue weighted by atomic mass is 16.4. The van der Waals surface area contributed by atoms with Crippen molar-refractivity contribution >= 4 is 11.9 Å². The average Bonchev–Trinajstić information content (AvgIpc) is 2.04. The maximum atomic E-state index is 10.9. The topological polar surface area (TPSA) is 86.6 Å². The van der Waals surface area contributed by atoms with Gasteiger partial charge in [0.15, 0.2) is 0 Å². The standard InChI is InChI=1S/C8H13NO4/c1-2-3-7(11)9-6(4-5-10)8(12)13/h2-3,6,10H,4-5H2,1H3,(H,9,11)(H,12,13)/b3-2+/t6-/m1/s1. The van der Waals surface area contributed by atoms with Crippen molar-refractivity contribution in [2.75, 3.05) is 6.61 Å². The van der Waals surface area contributed by atoms with Gasteiger partial charge in [0, 0.05) is 13.0 Å². The molecule has 0 saturated carbocycles. The van der Waals surface area contributed by atoms with Gasteiger partial charge in [0.2, 0.25) is 5.91 Å². The second kappa shape index (κ2) is 6.19. The zero-order valence-corrected chi connectivity index (χ0v) is 7.36. The van der Waals surface area contributed by atoms with E-state index in [2.05, 4.69) is 5.32 Å². The van der Waals surface area contributed by atoms with Crippen LogP contribution in [-0.2, 0) is 9.59 Å². The number of aliphatic hydroxyl groups excluding tert-OH is 1. The number of hydrogen-bond donors (Lipinski definition) is 3. The van der Waals surface area contributed by atoms with Crippen LogP contribution in [0.15, 0.2) is 12.2 Å². The number of carbonyl (C=O) groups excluding carboxylic acids is 1. The van der Waals surface area contributed by atoms with Gasteiger partial charge in [-0.25, -0.2) is 4.79 Å². The Hall–Kier alpha value is -1.36. The maximum absolute atomic E-state index is 10.9. The minimum atomic E-state index is -1.15. The zero-order chi connectivity index (χ0) is 10.3. The average molecular weight is 187 g/mol. The molecule has 0 saturated heterocycles. The summed E-state index contributed by atoms with van der Waals surface area (Å²) in [6, 6.07) is -1.02. The third kappa shape index (κ3) is 4.97. The van der Waals surface area contributed by atoms with Crippen LogP contribution in [0.4, 0.5) is 0 Å². The van der Waals surface area contributed by atoms with Crippen LogP contribution in [0.25, 0.3) is 0 Å². The van der Waals surface area contributed by atoms with E-state index < -0.39 is 17.9 Å². The number of carbonyl (C=O) groups is 2. The third-order valence-corrected chi connectivity index (χ3v) is 1.35. The molecule has 0 rings (SSSR count). The first-order valence-electron chi connectivity index (χ1n) is 3.88. The molecule has 1 amide bonds. The Labute approximate surface area is 76.1 Å². The minimum Gasteiger partial charge on any atom is -0.480 e. The van der Waals surface area contributed by atoms with Gasteiger partial charge in [0.05, 0.1) is 0 Å². The van der Waals surface area contributed by atoms with E-state index in [1.54, 1.807) is 6.92 Å². The van der Waals surface area contributed by atoms with Crippen molar-refractivity contribution in [1.82, 2.24) is 5.32 Å². The summed E-state index contributed by atoms with van der Waals surface area (Å²) >= 11 is 0. The van der Waals surface area contributed by atoms with Gasteiger partial charge >= 0.3 is 5.97 Å². The molecule has 0 bridgehead atoms. The summed E-state index contributed by atoms with van der Waals surface area (Å²) in [5.74, 6) is -1.62. The van der Waals surface area contributed by atoms with Crippen molar-refractivity contribution in [1.29, 1.82) is 0 Å². The van der Waals surface area contributed by atoms with Gasteiger partial charge in [-0.2, -0.15) is 0 Å². The normalized spacial score (nSPS) is 12.8. The first-order chi connectivity index (χ1) is 6.11. The SMILES string of the molecule is C/C=C/C(=O)N[C@H](CCO)C(=O)O. The monoisotopic (exact) mass is 187 g/mol. The molecule has 0 spiro atoms. The molecule has 5 nitrogen and oxygen atoms in total. The summed E-state index contributed by atoms with van der Waals surface area (Å²) in [5.41, 5.74) is 0. The van der Waals surface area contributed by atoms with Crippen molar-refractivity contribution in [2.24, 2.45) is 0 Å². The van der Waals surface area contributed by atoms with Crippen molar-refractivity contribution in [2.45, 2.75) is 19.4 Å². The number of rotatable bonds is 5. The van der Waals surface area contributed by atoms with Crippen LogP contribution in [-0.4, -0.2) is 34.7 Å². The van der Waals surface area contributed by atoms with E-state index >= 15 is 0 Å². The Kier molecular flexibility index (Phi) is 5.54. The number of nitrogens with one attached hydrogen (secondary N) is 1. The second-order valence-electron chi connectivity index (χ2n) is 2.41. The molecule has 0 aliphatic carbocycles. The zero-order valence-electron chi connectivity index (χ0n) is 7.36. The minimum absolute atomic E-state index is 0.0125. The Bertz CT molecular complexity index is 212. The van der Waals surface area contributed by atoms with Gasteiger partial charge in [-0.15, -0.1) is 0 Å². The smallest absolute Gasteiger partial charge is 0.326 e. The third-order valence-electron chi connectivity index (χ3n) is 1.35. The molecule has 1 atom stereocenters. The van der Waals surface area contributed by atoms with Crippen LogP contribution in [0.5, 0.6) is 0 Å². The van der Waals surface area contributed by atoms with Crippen molar-refractivity contribution in [3.8, 4) is 0 Å². The summed E-state index contributed by atoms with van der Waals surface area (Å²) in [7, 11) is 0. The van der Waals surface area contributed by atoms with Crippen LogP contribution in [0.2, 0.25) is 0 Å². The predicted octanol–water partition coefficient (Wildman–Crippen LogP) is -0.486. The number of hydrogen-bond acceptors (Lipinski definition) is 3. The van der Waals surface area contributed by atoms with Crippen LogP contribution >= 0.6 is 0 Å². The summed E-state index contributed by atoms with van der Waals surface area (Å²) in [6.45, 7) is 1.38. The molecule has 0 aliphatic heterocycles. The van der Waals surface area contributed by atoms with E-state index in [0.29, 0.717) is 0 Å². The van der Waals surface area contributed by atoms with Gasteiger partial charge in [-0.1, -0.05) is 6.08 Å². The fourth-order valence-electron chi connectivity index (χ4n) is 0.758. The van der Waals surface area contributed by atoms with Gasteiger partial charge in [-0.05, 0) is 13.0 Å². The molecule has 0 unspecified atom stereocenters. The van der Waals surface area contributed by atoms with Crippen LogP contribution < -0.4 is 5.32 Å². The molecular weight excluding hydrogens is 174 g/mol. The number of carboxylic acid groups (broad SMARTS) is 1. The van der Waals surface area contributed by atoms with E-state index in [1.165, 1.54) is 12.2 Å². The summed E-state index contributed by atoms with van der Waals surface area (Å²) < 4.78 is 0. The van der Waals surface area contributed by atoms with Crippen LogP contribution in [0, 0.1) is 0 Å². The molecule has 0 radical (unpaired) electrons. The first kappa shape index (κ1) is 11.6. The molecule has 0 aliphatic rings. The Morgan fingerprint density at radius 1 is 1.54 bits per heavy atom. The van der Waals surface area contributed by atoms with Crippen molar-refractivity contribution < 1.29 is 19.8 Å². The molecule has 5 heteroatoms. The molecule has 3 N–H and O–H groups in total. The largest absolute Gasteiger partial charge is 0.480 e. The fraction of sp³-hybridized carbons (Fsp3) is 0.500. The number of aliphatic hydroxyl groups is 1. The molecular formula is C8H13NO4. The molecule has 0 aromatic carbocycles. The van der Waals surface area contributed by atoms with Gasteiger partial charge in [-0.3, -0.25) is 4.79 Å². The lowest BCUT2D eigenvalue weighted by Crippen LogP contribution is -2.40. The van der Waals surface area contributed by atoms with Gasteiger partial charge in [0.1, 0.15) is 6.04 Å². The highest BCUT2D eigenvalue weighted by Gasteiger charge is 2.17. The van der Waals surface area contributed by atoms with E-state index in [4.69, 9.17) is 10.2 Å². The molecule has 0 aromatic rings. The number of allylic oxidation sites excluding steroid dienone is 1. The lowest BCUT2D eigenvalue weighted by Gasteiger charge is -2.10. The predicted molar refractivity (Wildman–Crippen MR) is 46.1 cm³/mol. The van der Waals surface area contributed by atoms with Crippen molar-refractivity contribution in [3.05, 3.63) is 12.2 Å². The van der Waals surface area contributed by atoms with Crippen LogP contribution in [0.1, 0.15) is 13.3 Å². The first-order valence-corrected chi connectivity index (χ1v) is 3.88. The fourth-order valence-corrected chi connectivity index (χ4v) is 0.758. The van der Waals surface area contributed by atoms with Gasteiger partial charge < -0.3 is 15.5 Å². The van der Waals surface area contributed by atoms with E-state index in [-0.39, 0.29) is 13.0 Å². The van der Waals surface area contributed by atoms with E-state index in [1.807, 2.05) is 0 Å². The van der Waals surface area contributed by atoms with E-state index in [0.717, 1.165) is 0 Å². The Morgan fingerprint density at radius 3 is 2.54 bits per heavy atom. The number of amides is 1. The number of carboxylic acids is 1. The summed E-state index contributed by atoms with van der Waals surface area (Å²) in [6.07, 6.45) is 2.75. The highest BCUT2D eigenvalue weighted by Crippen LogP contribution is 1.91. The van der Waals surface area contributed by atoms with Crippen molar-refractivity contribution in [3.63, 3.8) is 0 Å². The lowest BCUT2D eigenvalue weighted by atomic mass is 10.2. The second-order valence-corrected chi connectivity index (χ2v) is 2.41. The van der Waals surface area contributed by atoms with Gasteiger partial charge in [0.25, 0.3) is 0 Å². The lowest BCUT2D eigenvalue weighted by molar-refractivity contribution is -0.141. The molecule has 0 aromatic heterocycles. The van der Waals surface area contributed by atoms with E-state index in [9.17, 15) is 9.59 Å². The Balaban J connectivity index is 4.09. The molecule has 74 valence electrons. The maximum Gasteiger partial charge on any atom is 0.326 e. The number of aliphatic carboxylic acids is 1. The summed E-state index contributed by atoms with van der Waals surface area (Å²) in [5, 5.41) is 19.3. The molecule has 0 heterocycles. The van der Waals surface area contributed by atoms with Crippen LogP contribution in [0.3, 0.4) is 0 Å². The quantitative estimate of drug-likeness (QED) is 0.507. The molecule has 13 heavy (non-hydrogen) atoms. The molecule has 0 fully saturated rings.